The number of amides is 1. The minimum Gasteiger partial charge on any atom is -0.355 e. The molecule has 6 nitrogen and oxygen atoms in total. The maximum atomic E-state index is 12.6. The Morgan fingerprint density at radius 3 is 2.54 bits per heavy atom. The third kappa shape index (κ3) is 5.29. The predicted octanol–water partition coefficient (Wildman–Crippen LogP) is 2.82. The first-order chi connectivity index (χ1) is 13.7. The SMILES string of the molecule is CCN(CC)CCNC(=O)[C@@H]1CCCN(c2ncc(-c3ccccc3)cn2)C1. The van der Waals surface area contributed by atoms with E-state index in [-0.39, 0.29) is 11.8 Å². The lowest BCUT2D eigenvalue weighted by Crippen LogP contribution is -2.45. The molecule has 1 aliphatic heterocycles. The summed E-state index contributed by atoms with van der Waals surface area (Å²) in [6.07, 6.45) is 5.64. The van der Waals surface area contributed by atoms with Crippen LogP contribution < -0.4 is 10.2 Å². The zero-order valence-electron chi connectivity index (χ0n) is 17.0. The summed E-state index contributed by atoms with van der Waals surface area (Å²) < 4.78 is 0. The van der Waals surface area contributed by atoms with Crippen LogP contribution in [0.5, 0.6) is 0 Å². The van der Waals surface area contributed by atoms with Crippen LogP contribution in [0.2, 0.25) is 0 Å². The standard InChI is InChI=1S/C22H31N5O/c1-3-26(4-2)14-12-23-21(28)19-11-8-13-27(17-19)22-24-15-20(16-25-22)18-9-6-5-7-10-18/h5-7,9-10,15-16,19H,3-4,8,11-14,17H2,1-2H3,(H,23,28)/t19-/m1/s1. The van der Waals surface area contributed by atoms with E-state index >= 15 is 0 Å². The number of hydrogen-bond acceptors (Lipinski definition) is 5. The fourth-order valence-electron chi connectivity index (χ4n) is 3.66. The first-order valence-electron chi connectivity index (χ1n) is 10.3. The van der Waals surface area contributed by atoms with Crippen molar-refractivity contribution >= 4 is 11.9 Å². The van der Waals surface area contributed by atoms with Crippen molar-refractivity contribution in [3.05, 3.63) is 42.7 Å². The molecule has 1 amide bonds. The van der Waals surface area contributed by atoms with Gasteiger partial charge in [-0.3, -0.25) is 4.79 Å². The van der Waals surface area contributed by atoms with E-state index < -0.39 is 0 Å². The Morgan fingerprint density at radius 1 is 1.14 bits per heavy atom. The first-order valence-corrected chi connectivity index (χ1v) is 10.3. The number of aromatic nitrogens is 2. The van der Waals surface area contributed by atoms with E-state index in [9.17, 15) is 4.79 Å². The van der Waals surface area contributed by atoms with Gasteiger partial charge in [-0.1, -0.05) is 44.2 Å². The van der Waals surface area contributed by atoms with Crippen molar-refractivity contribution in [2.75, 3.05) is 44.2 Å². The van der Waals surface area contributed by atoms with Gasteiger partial charge in [0.15, 0.2) is 0 Å². The van der Waals surface area contributed by atoms with Crippen LogP contribution in [-0.4, -0.2) is 60.0 Å². The van der Waals surface area contributed by atoms with E-state index in [1.807, 2.05) is 30.6 Å². The van der Waals surface area contributed by atoms with Gasteiger partial charge >= 0.3 is 0 Å². The normalized spacial score (nSPS) is 17.0. The molecule has 0 radical (unpaired) electrons. The van der Waals surface area contributed by atoms with Gasteiger partial charge in [-0.25, -0.2) is 9.97 Å². The smallest absolute Gasteiger partial charge is 0.225 e. The largest absolute Gasteiger partial charge is 0.355 e. The van der Waals surface area contributed by atoms with Gasteiger partial charge in [0.05, 0.1) is 5.92 Å². The van der Waals surface area contributed by atoms with E-state index in [1.165, 1.54) is 0 Å². The molecule has 0 spiro atoms. The van der Waals surface area contributed by atoms with E-state index in [1.54, 1.807) is 0 Å². The molecule has 1 saturated heterocycles. The summed E-state index contributed by atoms with van der Waals surface area (Å²) in [4.78, 5) is 26.1. The topological polar surface area (TPSA) is 61.4 Å². The van der Waals surface area contributed by atoms with Gasteiger partial charge in [0, 0.05) is 44.1 Å². The van der Waals surface area contributed by atoms with E-state index in [4.69, 9.17) is 0 Å². The molecule has 2 aromatic rings. The molecule has 1 fully saturated rings. The molecule has 28 heavy (non-hydrogen) atoms. The van der Waals surface area contributed by atoms with Crippen LogP contribution >= 0.6 is 0 Å². The number of anilines is 1. The second-order valence-corrected chi connectivity index (χ2v) is 7.24. The van der Waals surface area contributed by atoms with Gasteiger partial charge in [-0.2, -0.15) is 0 Å². The molecular weight excluding hydrogens is 350 g/mol. The fraction of sp³-hybridized carbons (Fsp3) is 0.500. The highest BCUT2D eigenvalue weighted by Crippen LogP contribution is 2.22. The minimum absolute atomic E-state index is 0.00264. The average molecular weight is 382 g/mol. The number of likely N-dealkylation sites (N-methyl/N-ethyl adjacent to an activating group) is 1. The molecule has 1 aromatic carbocycles. The van der Waals surface area contributed by atoms with Crippen molar-refractivity contribution in [1.82, 2.24) is 20.2 Å². The Balaban J connectivity index is 1.55. The molecule has 150 valence electrons. The molecule has 0 bridgehead atoms. The van der Waals surface area contributed by atoms with Crippen LogP contribution in [0, 0.1) is 5.92 Å². The number of nitrogens with one attached hydrogen (secondary N) is 1. The number of nitrogens with zero attached hydrogens (tertiary/aromatic N) is 4. The molecule has 1 atom stereocenters. The first kappa shape index (κ1) is 20.3. The molecule has 0 unspecified atom stereocenters. The minimum atomic E-state index is 0.00264. The Kier molecular flexibility index (Phi) is 7.37. The van der Waals surface area contributed by atoms with Crippen LogP contribution in [0.3, 0.4) is 0 Å². The van der Waals surface area contributed by atoms with E-state index in [0.717, 1.165) is 50.1 Å². The highest BCUT2D eigenvalue weighted by Gasteiger charge is 2.27. The van der Waals surface area contributed by atoms with Gasteiger partial charge < -0.3 is 15.1 Å². The van der Waals surface area contributed by atoms with E-state index in [0.29, 0.717) is 19.0 Å². The van der Waals surface area contributed by atoms with Crippen LogP contribution in [0.4, 0.5) is 5.95 Å². The van der Waals surface area contributed by atoms with Crippen molar-refractivity contribution in [3.8, 4) is 11.1 Å². The summed E-state index contributed by atoms with van der Waals surface area (Å²) in [6, 6.07) is 10.1. The van der Waals surface area contributed by atoms with Crippen molar-refractivity contribution in [2.45, 2.75) is 26.7 Å². The maximum absolute atomic E-state index is 12.6. The molecule has 6 heteroatoms. The summed E-state index contributed by atoms with van der Waals surface area (Å²) in [5, 5.41) is 3.11. The molecule has 2 heterocycles. The lowest BCUT2D eigenvalue weighted by atomic mass is 9.97. The molecule has 1 N–H and O–H groups in total. The number of rotatable bonds is 8. The summed E-state index contributed by atoms with van der Waals surface area (Å²) in [5.41, 5.74) is 2.12. The fourth-order valence-corrected chi connectivity index (χ4v) is 3.66. The Bertz CT molecular complexity index is 730. The second-order valence-electron chi connectivity index (χ2n) is 7.24. The van der Waals surface area contributed by atoms with Crippen LogP contribution in [-0.2, 0) is 4.79 Å². The van der Waals surface area contributed by atoms with Crippen molar-refractivity contribution in [3.63, 3.8) is 0 Å². The highest BCUT2D eigenvalue weighted by molar-refractivity contribution is 5.79. The third-order valence-electron chi connectivity index (χ3n) is 5.44. The van der Waals surface area contributed by atoms with Crippen LogP contribution in [0.1, 0.15) is 26.7 Å². The number of benzene rings is 1. The quantitative estimate of drug-likeness (QED) is 0.762. The monoisotopic (exact) mass is 381 g/mol. The zero-order chi connectivity index (χ0) is 19.8. The molecule has 0 aliphatic carbocycles. The summed E-state index contributed by atoms with van der Waals surface area (Å²) >= 11 is 0. The number of hydrogen-bond donors (Lipinski definition) is 1. The summed E-state index contributed by atoms with van der Waals surface area (Å²) in [5.74, 6) is 0.862. The third-order valence-corrected chi connectivity index (χ3v) is 5.44. The molecule has 0 saturated carbocycles. The zero-order valence-corrected chi connectivity index (χ0v) is 17.0. The van der Waals surface area contributed by atoms with Gasteiger partial charge in [0.1, 0.15) is 0 Å². The van der Waals surface area contributed by atoms with Gasteiger partial charge in [-0.15, -0.1) is 0 Å². The van der Waals surface area contributed by atoms with Crippen LogP contribution in [0.25, 0.3) is 11.1 Å². The maximum Gasteiger partial charge on any atom is 0.225 e. The van der Waals surface area contributed by atoms with Crippen molar-refractivity contribution in [2.24, 2.45) is 5.92 Å². The molecule has 3 rings (SSSR count). The van der Waals surface area contributed by atoms with Gasteiger partial charge in [-0.05, 0) is 31.5 Å². The lowest BCUT2D eigenvalue weighted by Gasteiger charge is -2.32. The summed E-state index contributed by atoms with van der Waals surface area (Å²) in [7, 11) is 0. The average Bonchev–Trinajstić information content (AvgIpc) is 2.77. The molecule has 1 aromatic heterocycles. The van der Waals surface area contributed by atoms with Crippen molar-refractivity contribution in [1.29, 1.82) is 0 Å². The number of carbonyl (C=O) groups excluding carboxylic acids is 1. The molecule has 1 aliphatic rings. The van der Waals surface area contributed by atoms with Crippen molar-refractivity contribution < 1.29 is 4.79 Å². The number of piperidine rings is 1. The Morgan fingerprint density at radius 2 is 1.86 bits per heavy atom. The number of carbonyl (C=O) groups is 1. The van der Waals surface area contributed by atoms with E-state index in [2.05, 4.69) is 51.1 Å². The van der Waals surface area contributed by atoms with Gasteiger partial charge in [0.25, 0.3) is 0 Å². The predicted molar refractivity (Wildman–Crippen MR) is 113 cm³/mol. The summed E-state index contributed by atoms with van der Waals surface area (Å²) in [6.45, 7) is 9.51. The van der Waals surface area contributed by atoms with Crippen LogP contribution in [0.15, 0.2) is 42.7 Å². The highest BCUT2D eigenvalue weighted by atomic mass is 16.1. The molecular formula is C22H31N5O. The second kappa shape index (κ2) is 10.2. The van der Waals surface area contributed by atoms with Gasteiger partial charge in [0.2, 0.25) is 11.9 Å². The Hall–Kier alpha value is -2.47. The Labute approximate surface area is 168 Å². The lowest BCUT2D eigenvalue weighted by molar-refractivity contribution is -0.125.